The number of hydrogen-bond acceptors (Lipinski definition) is 4. The van der Waals surface area contributed by atoms with Gasteiger partial charge in [-0.15, -0.1) is 0 Å². The molecule has 7 N–H and O–H groups in total. The van der Waals surface area contributed by atoms with Crippen molar-refractivity contribution in [1.82, 2.24) is 0 Å². The summed E-state index contributed by atoms with van der Waals surface area (Å²) in [6.45, 7) is 1.59. The highest BCUT2D eigenvalue weighted by atomic mass is 16.3. The van der Waals surface area contributed by atoms with Crippen LogP contribution in [0, 0.1) is 0 Å². The van der Waals surface area contributed by atoms with Crippen molar-refractivity contribution in [3.05, 3.63) is 11.6 Å². The van der Waals surface area contributed by atoms with Gasteiger partial charge in [0.1, 0.15) is 11.6 Å². The summed E-state index contributed by atoms with van der Waals surface area (Å²) in [6.07, 6.45) is 0. The zero-order chi connectivity index (χ0) is 6.73. The van der Waals surface area contributed by atoms with Crippen molar-refractivity contribution in [3.63, 3.8) is 0 Å². The second-order valence-corrected chi connectivity index (χ2v) is 1.63. The zero-order valence-electron chi connectivity index (χ0n) is 4.76. The van der Waals surface area contributed by atoms with Crippen molar-refractivity contribution in [2.75, 3.05) is 0 Å². The third kappa shape index (κ3) is 1.70. The van der Waals surface area contributed by atoms with E-state index in [4.69, 9.17) is 22.3 Å². The predicted octanol–water partition coefficient (Wildman–Crippen LogP) is -1.02. The molecule has 0 amide bonds. The van der Waals surface area contributed by atoms with Gasteiger partial charge in [-0.2, -0.15) is 0 Å². The van der Waals surface area contributed by atoms with Crippen LogP contribution >= 0.6 is 0 Å². The van der Waals surface area contributed by atoms with E-state index in [-0.39, 0.29) is 11.6 Å². The first-order valence-electron chi connectivity index (χ1n) is 2.25. The Kier molecular flexibility index (Phi) is 2.15. The van der Waals surface area contributed by atoms with Gasteiger partial charge in [0.15, 0.2) is 0 Å². The lowest BCUT2D eigenvalue weighted by Crippen LogP contribution is -2.24. The molecule has 0 saturated heterocycles. The molecule has 0 aromatic heterocycles. The van der Waals surface area contributed by atoms with Crippen molar-refractivity contribution < 1.29 is 5.11 Å². The van der Waals surface area contributed by atoms with Crippen molar-refractivity contribution >= 4 is 0 Å². The molecule has 0 aromatic carbocycles. The van der Waals surface area contributed by atoms with Crippen LogP contribution in [0.4, 0.5) is 0 Å². The molecule has 4 heteroatoms. The van der Waals surface area contributed by atoms with E-state index in [1.165, 1.54) is 0 Å². The van der Waals surface area contributed by atoms with E-state index in [1.54, 1.807) is 6.92 Å². The Labute approximate surface area is 48.0 Å². The monoisotopic (exact) mass is 117 g/mol. The molecule has 0 spiro atoms. The molecular weight excluding hydrogens is 106 g/mol. The first kappa shape index (κ1) is 7.10. The van der Waals surface area contributed by atoms with Gasteiger partial charge < -0.3 is 22.3 Å². The summed E-state index contributed by atoms with van der Waals surface area (Å²) in [7, 11) is 0. The van der Waals surface area contributed by atoms with Gasteiger partial charge in [-0.05, 0) is 6.92 Å². The normalized spacial score (nSPS) is 12.8. The average molecular weight is 117 g/mol. The molecule has 0 radical (unpaired) electrons. The van der Waals surface area contributed by atoms with E-state index < -0.39 is 6.04 Å². The van der Waals surface area contributed by atoms with E-state index in [0.717, 1.165) is 0 Å². The quantitative estimate of drug-likeness (QED) is 0.330. The minimum atomic E-state index is -0.472. The van der Waals surface area contributed by atoms with Gasteiger partial charge in [-0.1, -0.05) is 0 Å². The first-order valence-corrected chi connectivity index (χ1v) is 2.25. The van der Waals surface area contributed by atoms with Crippen molar-refractivity contribution in [3.8, 4) is 0 Å². The number of hydrogen-bond donors (Lipinski definition) is 4. The predicted molar refractivity (Wildman–Crippen MR) is 31.7 cm³/mol. The highest BCUT2D eigenvalue weighted by Gasteiger charge is 2.01. The molecule has 4 nitrogen and oxygen atoms in total. The van der Waals surface area contributed by atoms with Crippen molar-refractivity contribution in [2.24, 2.45) is 17.2 Å². The summed E-state index contributed by atoms with van der Waals surface area (Å²) in [5, 5.41) is 8.71. The molecule has 0 aliphatic carbocycles. The Morgan fingerprint density at radius 3 is 1.88 bits per heavy atom. The van der Waals surface area contributed by atoms with E-state index in [9.17, 15) is 0 Å². The largest absolute Gasteiger partial charge is 0.507 e. The Bertz CT molecular complexity index is 104. The molecule has 48 valence electrons. The molecule has 0 bridgehead atoms. The van der Waals surface area contributed by atoms with Crippen LogP contribution in [0.1, 0.15) is 6.92 Å². The summed E-state index contributed by atoms with van der Waals surface area (Å²) in [5.41, 5.74) is 15.1. The highest BCUT2D eigenvalue weighted by molar-refractivity contribution is 5.03. The lowest BCUT2D eigenvalue weighted by molar-refractivity contribution is 0.365. The van der Waals surface area contributed by atoms with E-state index in [2.05, 4.69) is 0 Å². The maximum atomic E-state index is 8.71. The molecule has 0 fully saturated rings. The second-order valence-electron chi connectivity index (χ2n) is 1.63. The molecule has 1 unspecified atom stereocenters. The fourth-order valence-corrected chi connectivity index (χ4v) is 0.263. The molecule has 0 saturated carbocycles. The van der Waals surface area contributed by atoms with Crippen LogP contribution in [0.2, 0.25) is 0 Å². The van der Waals surface area contributed by atoms with Gasteiger partial charge in [0.2, 0.25) is 0 Å². The first-order chi connectivity index (χ1) is 3.55. The third-order valence-electron chi connectivity index (χ3n) is 0.727. The van der Waals surface area contributed by atoms with E-state index in [1.807, 2.05) is 0 Å². The lowest BCUT2D eigenvalue weighted by atomic mass is 10.3. The summed E-state index contributed by atoms with van der Waals surface area (Å²) in [6, 6.07) is -0.472. The zero-order valence-corrected chi connectivity index (χ0v) is 4.76. The van der Waals surface area contributed by atoms with E-state index in [0.29, 0.717) is 0 Å². The van der Waals surface area contributed by atoms with Crippen molar-refractivity contribution in [2.45, 2.75) is 13.0 Å². The fraction of sp³-hybridized carbons (Fsp3) is 0.500. The van der Waals surface area contributed by atoms with Crippen LogP contribution in [0.3, 0.4) is 0 Å². The Hall–Kier alpha value is -0.900. The van der Waals surface area contributed by atoms with Crippen molar-refractivity contribution in [1.29, 1.82) is 0 Å². The standard InChI is InChI=1S/C4H11N3O/c1-2(5)3(8)4(6)7/h2,8H,5-7H2,1H3. The Morgan fingerprint density at radius 1 is 1.50 bits per heavy atom. The highest BCUT2D eigenvalue weighted by Crippen LogP contribution is 1.91. The van der Waals surface area contributed by atoms with Gasteiger partial charge in [0.25, 0.3) is 0 Å². The maximum Gasteiger partial charge on any atom is 0.148 e. The molecule has 0 heterocycles. The molecule has 0 rings (SSSR count). The maximum absolute atomic E-state index is 8.71. The topological polar surface area (TPSA) is 98.3 Å². The van der Waals surface area contributed by atoms with Crippen LogP contribution in [0.15, 0.2) is 11.6 Å². The summed E-state index contributed by atoms with van der Waals surface area (Å²) < 4.78 is 0. The summed E-state index contributed by atoms with van der Waals surface area (Å²) >= 11 is 0. The van der Waals surface area contributed by atoms with Crippen LogP contribution in [0.5, 0.6) is 0 Å². The van der Waals surface area contributed by atoms with E-state index >= 15 is 0 Å². The fourth-order valence-electron chi connectivity index (χ4n) is 0.263. The molecule has 0 aliphatic rings. The number of aliphatic hydroxyl groups is 1. The minimum absolute atomic E-state index is 0.111. The Balaban J connectivity index is 4.00. The number of rotatable bonds is 1. The van der Waals surface area contributed by atoms with Gasteiger partial charge in [-0.25, -0.2) is 0 Å². The van der Waals surface area contributed by atoms with Gasteiger partial charge in [0, 0.05) is 0 Å². The minimum Gasteiger partial charge on any atom is -0.507 e. The molecule has 1 atom stereocenters. The van der Waals surface area contributed by atoms with Crippen LogP contribution in [-0.2, 0) is 0 Å². The summed E-state index contributed by atoms with van der Waals surface area (Å²) in [4.78, 5) is 0. The summed E-state index contributed by atoms with van der Waals surface area (Å²) in [5.74, 6) is -0.259. The third-order valence-corrected chi connectivity index (χ3v) is 0.727. The second kappa shape index (κ2) is 2.42. The molecule has 0 aromatic rings. The molecule has 8 heavy (non-hydrogen) atoms. The van der Waals surface area contributed by atoms with Crippen LogP contribution in [0.25, 0.3) is 0 Å². The number of nitrogens with two attached hydrogens (primary N) is 3. The van der Waals surface area contributed by atoms with Crippen LogP contribution in [-0.4, -0.2) is 11.1 Å². The Morgan fingerprint density at radius 2 is 1.88 bits per heavy atom. The van der Waals surface area contributed by atoms with Gasteiger partial charge in [-0.3, -0.25) is 0 Å². The SMILES string of the molecule is CC(N)C(O)=C(N)N. The van der Waals surface area contributed by atoms with Crippen LogP contribution < -0.4 is 17.2 Å². The smallest absolute Gasteiger partial charge is 0.148 e. The molecular formula is C4H11N3O. The van der Waals surface area contributed by atoms with Gasteiger partial charge >= 0.3 is 0 Å². The average Bonchev–Trinajstić information content (AvgIpc) is 1.64. The van der Waals surface area contributed by atoms with Gasteiger partial charge in [0.05, 0.1) is 6.04 Å². The number of aliphatic hydroxyl groups excluding tert-OH is 1. The lowest BCUT2D eigenvalue weighted by Gasteiger charge is -2.03. The molecule has 0 aliphatic heterocycles.